The van der Waals surface area contributed by atoms with E-state index in [0.29, 0.717) is 17.9 Å². The summed E-state index contributed by atoms with van der Waals surface area (Å²) in [7, 11) is 0. The molecule has 1 aliphatic rings. The molecule has 0 aliphatic carbocycles. The molecule has 3 atom stereocenters. The van der Waals surface area contributed by atoms with Crippen molar-refractivity contribution < 1.29 is 9.84 Å². The lowest BCUT2D eigenvalue weighted by molar-refractivity contribution is 0.203. The van der Waals surface area contributed by atoms with Crippen molar-refractivity contribution >= 4 is 0 Å². The van der Waals surface area contributed by atoms with Crippen LogP contribution in [-0.4, -0.2) is 30.9 Å². The van der Waals surface area contributed by atoms with Crippen LogP contribution in [0.25, 0.3) is 0 Å². The molecular weight excluding hydrogens is 226 g/mol. The predicted molar refractivity (Wildman–Crippen MR) is 73.0 cm³/mol. The van der Waals surface area contributed by atoms with E-state index in [9.17, 15) is 0 Å². The van der Waals surface area contributed by atoms with Gasteiger partial charge in [-0.05, 0) is 30.9 Å². The molecule has 1 aromatic carbocycles. The highest BCUT2D eigenvalue weighted by Crippen LogP contribution is 2.32. The van der Waals surface area contributed by atoms with E-state index in [0.717, 1.165) is 25.3 Å². The Bertz CT molecular complexity index is 381. The molecule has 1 aliphatic heterocycles. The van der Waals surface area contributed by atoms with Crippen LogP contribution in [0.1, 0.15) is 31.7 Å². The summed E-state index contributed by atoms with van der Waals surface area (Å²) < 4.78 is 5.66. The highest BCUT2D eigenvalue weighted by Gasteiger charge is 2.21. The zero-order chi connectivity index (χ0) is 13.0. The van der Waals surface area contributed by atoms with Gasteiger partial charge in [-0.15, -0.1) is 0 Å². The number of nitrogens with one attached hydrogen (secondary N) is 1. The second kappa shape index (κ2) is 6.21. The van der Waals surface area contributed by atoms with Crippen LogP contribution >= 0.6 is 0 Å². The van der Waals surface area contributed by atoms with Crippen LogP contribution in [0, 0.1) is 5.92 Å². The largest absolute Gasteiger partial charge is 0.493 e. The van der Waals surface area contributed by atoms with Gasteiger partial charge >= 0.3 is 0 Å². The molecule has 0 saturated carbocycles. The maximum Gasteiger partial charge on any atom is 0.122 e. The molecule has 0 saturated heterocycles. The zero-order valence-electron chi connectivity index (χ0n) is 11.2. The predicted octanol–water partition coefficient (Wildman–Crippen LogP) is 2.16. The normalized spacial score (nSPS) is 21.8. The summed E-state index contributed by atoms with van der Waals surface area (Å²) in [4.78, 5) is 0. The average molecular weight is 249 g/mol. The second-order valence-corrected chi connectivity index (χ2v) is 5.23. The third-order valence-electron chi connectivity index (χ3n) is 3.91. The summed E-state index contributed by atoms with van der Waals surface area (Å²) in [6.07, 6.45) is 1.06. The first-order chi connectivity index (χ1) is 8.72. The van der Waals surface area contributed by atoms with Crippen LogP contribution in [0.5, 0.6) is 5.75 Å². The van der Waals surface area contributed by atoms with E-state index >= 15 is 0 Å². The molecule has 0 bridgehead atoms. The first-order valence-electron chi connectivity index (χ1n) is 6.78. The number of aliphatic hydroxyl groups is 1. The topological polar surface area (TPSA) is 41.5 Å². The fourth-order valence-electron chi connectivity index (χ4n) is 2.32. The summed E-state index contributed by atoms with van der Waals surface area (Å²) in [5, 5.41) is 12.7. The smallest absolute Gasteiger partial charge is 0.122 e. The van der Waals surface area contributed by atoms with Crippen LogP contribution < -0.4 is 10.1 Å². The SMILES string of the molecule is CC(CO)C(C)NCC1CCOc2ccccc21. The standard InChI is InChI=1S/C15H23NO2/c1-11(10-17)12(2)16-9-13-7-8-18-15-6-4-3-5-14(13)15/h3-6,11-13,16-17H,7-10H2,1-2H3. The highest BCUT2D eigenvalue weighted by atomic mass is 16.5. The van der Waals surface area contributed by atoms with Gasteiger partial charge in [-0.3, -0.25) is 0 Å². The summed E-state index contributed by atoms with van der Waals surface area (Å²) in [5.41, 5.74) is 1.31. The Balaban J connectivity index is 1.95. The minimum atomic E-state index is 0.235. The van der Waals surface area contributed by atoms with Crippen LogP contribution in [0.15, 0.2) is 24.3 Å². The Labute approximate surface area is 109 Å². The Kier molecular flexibility index (Phi) is 4.61. The van der Waals surface area contributed by atoms with Crippen molar-refractivity contribution in [3.05, 3.63) is 29.8 Å². The molecule has 100 valence electrons. The van der Waals surface area contributed by atoms with Gasteiger partial charge in [0.05, 0.1) is 6.61 Å². The Morgan fingerprint density at radius 3 is 2.94 bits per heavy atom. The lowest BCUT2D eigenvalue weighted by atomic mass is 9.92. The first-order valence-corrected chi connectivity index (χ1v) is 6.78. The van der Waals surface area contributed by atoms with E-state index in [1.807, 2.05) is 12.1 Å². The van der Waals surface area contributed by atoms with Gasteiger partial charge in [0.2, 0.25) is 0 Å². The van der Waals surface area contributed by atoms with Crippen molar-refractivity contribution in [3.63, 3.8) is 0 Å². The molecule has 0 spiro atoms. The fourth-order valence-corrected chi connectivity index (χ4v) is 2.32. The molecule has 0 fully saturated rings. The molecule has 3 nitrogen and oxygen atoms in total. The van der Waals surface area contributed by atoms with Gasteiger partial charge in [0, 0.05) is 25.1 Å². The Morgan fingerprint density at radius 2 is 2.17 bits per heavy atom. The van der Waals surface area contributed by atoms with E-state index in [4.69, 9.17) is 9.84 Å². The summed E-state index contributed by atoms with van der Waals surface area (Å²) in [6, 6.07) is 8.62. The van der Waals surface area contributed by atoms with Crippen LogP contribution in [0.2, 0.25) is 0 Å². The minimum Gasteiger partial charge on any atom is -0.493 e. The van der Waals surface area contributed by atoms with Crippen molar-refractivity contribution in [1.82, 2.24) is 5.32 Å². The van der Waals surface area contributed by atoms with Gasteiger partial charge in [0.1, 0.15) is 5.75 Å². The summed E-state index contributed by atoms with van der Waals surface area (Å²) >= 11 is 0. The van der Waals surface area contributed by atoms with Crippen LogP contribution in [0.4, 0.5) is 0 Å². The molecular formula is C15H23NO2. The van der Waals surface area contributed by atoms with Crippen molar-refractivity contribution in [3.8, 4) is 5.75 Å². The third kappa shape index (κ3) is 3.03. The Hall–Kier alpha value is -1.06. The van der Waals surface area contributed by atoms with Gasteiger partial charge in [-0.2, -0.15) is 0 Å². The number of hydrogen-bond acceptors (Lipinski definition) is 3. The van der Waals surface area contributed by atoms with Gasteiger partial charge < -0.3 is 15.2 Å². The minimum absolute atomic E-state index is 0.235. The number of benzene rings is 1. The van der Waals surface area contributed by atoms with Gasteiger partial charge in [0.25, 0.3) is 0 Å². The molecule has 18 heavy (non-hydrogen) atoms. The molecule has 0 aromatic heterocycles. The number of fused-ring (bicyclic) bond motifs is 1. The number of ether oxygens (including phenoxy) is 1. The van der Waals surface area contributed by atoms with Crippen LogP contribution in [0.3, 0.4) is 0 Å². The highest BCUT2D eigenvalue weighted by molar-refractivity contribution is 5.37. The van der Waals surface area contributed by atoms with Crippen LogP contribution in [-0.2, 0) is 0 Å². The molecule has 2 rings (SSSR count). The first kappa shape index (κ1) is 13.4. The molecule has 3 unspecified atom stereocenters. The van der Waals surface area contributed by atoms with Gasteiger partial charge in [0.15, 0.2) is 0 Å². The van der Waals surface area contributed by atoms with E-state index in [1.54, 1.807) is 0 Å². The van der Waals surface area contributed by atoms with Crippen molar-refractivity contribution in [1.29, 1.82) is 0 Å². The van der Waals surface area contributed by atoms with Crippen molar-refractivity contribution in [2.75, 3.05) is 19.8 Å². The summed E-state index contributed by atoms with van der Waals surface area (Å²) in [6.45, 7) is 6.18. The molecule has 2 N–H and O–H groups in total. The maximum absolute atomic E-state index is 9.14. The van der Waals surface area contributed by atoms with Gasteiger partial charge in [-0.1, -0.05) is 25.1 Å². The third-order valence-corrected chi connectivity index (χ3v) is 3.91. The molecule has 1 heterocycles. The Morgan fingerprint density at radius 1 is 1.39 bits per heavy atom. The lowest BCUT2D eigenvalue weighted by Gasteiger charge is -2.28. The molecule has 0 amide bonds. The lowest BCUT2D eigenvalue weighted by Crippen LogP contribution is -2.37. The number of hydrogen-bond donors (Lipinski definition) is 2. The van der Waals surface area contributed by atoms with Crippen molar-refractivity contribution in [2.45, 2.75) is 32.2 Å². The number of para-hydroxylation sites is 1. The fraction of sp³-hybridized carbons (Fsp3) is 0.600. The number of aliphatic hydroxyl groups excluding tert-OH is 1. The van der Waals surface area contributed by atoms with Gasteiger partial charge in [-0.25, -0.2) is 0 Å². The quantitative estimate of drug-likeness (QED) is 0.840. The molecule has 3 heteroatoms. The number of rotatable bonds is 5. The second-order valence-electron chi connectivity index (χ2n) is 5.23. The zero-order valence-corrected chi connectivity index (χ0v) is 11.2. The van der Waals surface area contributed by atoms with E-state index in [-0.39, 0.29) is 6.61 Å². The van der Waals surface area contributed by atoms with E-state index in [1.165, 1.54) is 5.56 Å². The summed E-state index contributed by atoms with van der Waals surface area (Å²) in [5.74, 6) is 1.83. The molecule has 0 radical (unpaired) electrons. The molecule has 1 aromatic rings. The maximum atomic E-state index is 9.14. The van der Waals surface area contributed by atoms with E-state index in [2.05, 4.69) is 31.3 Å². The van der Waals surface area contributed by atoms with Crippen molar-refractivity contribution in [2.24, 2.45) is 5.92 Å². The average Bonchev–Trinajstić information content (AvgIpc) is 2.43. The van der Waals surface area contributed by atoms with E-state index < -0.39 is 0 Å². The monoisotopic (exact) mass is 249 g/mol.